The molecule has 1 aromatic carbocycles. The molecule has 0 radical (unpaired) electrons. The van der Waals surface area contributed by atoms with Gasteiger partial charge in [0.25, 0.3) is 5.91 Å². The largest absolute Gasteiger partial charge is 0.493 e. The number of furan rings is 1. The first-order valence-corrected chi connectivity index (χ1v) is 8.57. The van der Waals surface area contributed by atoms with Crippen LogP contribution in [0.3, 0.4) is 0 Å². The maximum Gasteiger partial charge on any atom is 0.289 e. The van der Waals surface area contributed by atoms with Crippen LogP contribution in [-0.4, -0.2) is 57.9 Å². The zero-order valence-corrected chi connectivity index (χ0v) is 15.0. The highest BCUT2D eigenvalue weighted by molar-refractivity contribution is 6.31. The Labute approximate surface area is 150 Å². The Morgan fingerprint density at radius 3 is 3.00 bits per heavy atom. The molecule has 7 heteroatoms. The van der Waals surface area contributed by atoms with E-state index in [1.165, 1.54) is 0 Å². The van der Waals surface area contributed by atoms with Crippen molar-refractivity contribution < 1.29 is 23.4 Å². The van der Waals surface area contributed by atoms with Crippen LogP contribution < -0.4 is 4.74 Å². The first kappa shape index (κ1) is 16.7. The lowest BCUT2D eigenvalue weighted by atomic mass is 9.82. The van der Waals surface area contributed by atoms with Crippen molar-refractivity contribution in [3.05, 3.63) is 29.0 Å². The Hall–Kier alpha value is -1.76. The third kappa shape index (κ3) is 2.69. The van der Waals surface area contributed by atoms with Crippen molar-refractivity contribution in [1.82, 2.24) is 4.90 Å². The number of benzene rings is 1. The highest BCUT2D eigenvalue weighted by Gasteiger charge is 2.52. The number of rotatable bonds is 4. The third-order valence-corrected chi connectivity index (χ3v) is 5.44. The lowest BCUT2D eigenvalue weighted by Gasteiger charge is -2.25. The average molecular weight is 366 g/mol. The number of carbonyl (C=O) groups excluding carboxylic acids is 1. The lowest BCUT2D eigenvalue weighted by molar-refractivity contribution is 0.0478. The molecule has 1 amide bonds. The van der Waals surface area contributed by atoms with Gasteiger partial charge in [-0.15, -0.1) is 0 Å². The van der Waals surface area contributed by atoms with E-state index in [1.807, 2.05) is 4.90 Å². The number of carbonyl (C=O) groups is 1. The Kier molecular flexibility index (Phi) is 4.14. The normalized spacial score (nSPS) is 25.6. The fourth-order valence-electron chi connectivity index (χ4n) is 3.98. The van der Waals surface area contributed by atoms with Gasteiger partial charge in [0, 0.05) is 48.0 Å². The monoisotopic (exact) mass is 365 g/mol. The summed E-state index contributed by atoms with van der Waals surface area (Å²) in [4.78, 5) is 14.8. The highest BCUT2D eigenvalue weighted by Crippen LogP contribution is 2.42. The molecule has 0 unspecified atom stereocenters. The predicted octanol–water partition coefficient (Wildman–Crippen LogP) is 2.83. The number of methoxy groups -OCH3 is 2. The topological polar surface area (TPSA) is 61.1 Å². The first-order chi connectivity index (χ1) is 12.1. The van der Waals surface area contributed by atoms with Gasteiger partial charge in [0.2, 0.25) is 0 Å². The number of hydrogen-bond acceptors (Lipinski definition) is 5. The number of fused-ring (bicyclic) bond motifs is 2. The van der Waals surface area contributed by atoms with Gasteiger partial charge in [-0.2, -0.15) is 0 Å². The fourth-order valence-corrected chi connectivity index (χ4v) is 4.19. The van der Waals surface area contributed by atoms with Crippen molar-refractivity contribution in [2.45, 2.75) is 0 Å². The van der Waals surface area contributed by atoms with Crippen LogP contribution in [0.2, 0.25) is 5.02 Å². The van der Waals surface area contributed by atoms with Crippen molar-refractivity contribution in [3.63, 3.8) is 0 Å². The van der Waals surface area contributed by atoms with Gasteiger partial charge in [-0.3, -0.25) is 4.79 Å². The van der Waals surface area contributed by atoms with Gasteiger partial charge in [0.15, 0.2) is 17.1 Å². The van der Waals surface area contributed by atoms with E-state index in [0.717, 1.165) is 5.39 Å². The zero-order chi connectivity index (χ0) is 17.6. The number of ether oxygens (including phenoxy) is 3. The van der Waals surface area contributed by atoms with E-state index in [1.54, 1.807) is 32.4 Å². The van der Waals surface area contributed by atoms with Gasteiger partial charge in [-0.1, -0.05) is 11.6 Å². The molecule has 2 fully saturated rings. The molecule has 0 spiro atoms. The molecule has 0 saturated carbocycles. The second kappa shape index (κ2) is 6.20. The van der Waals surface area contributed by atoms with Gasteiger partial charge in [0.1, 0.15) is 0 Å². The third-order valence-electron chi connectivity index (χ3n) is 5.22. The van der Waals surface area contributed by atoms with Gasteiger partial charge < -0.3 is 23.5 Å². The minimum atomic E-state index is -0.126. The zero-order valence-electron chi connectivity index (χ0n) is 14.2. The molecule has 0 N–H and O–H groups in total. The molecule has 2 aliphatic rings. The SMILES string of the molecule is COC[C@@]12COC[C@@H]1CN(C(=O)c1cc3cc(Cl)cc(OC)c3o1)C2. The minimum Gasteiger partial charge on any atom is -0.493 e. The van der Waals surface area contributed by atoms with Crippen LogP contribution in [0.1, 0.15) is 10.6 Å². The van der Waals surface area contributed by atoms with Gasteiger partial charge in [-0.05, 0) is 12.1 Å². The molecule has 25 heavy (non-hydrogen) atoms. The molecule has 2 aliphatic heterocycles. The van der Waals surface area contributed by atoms with Crippen molar-refractivity contribution >= 4 is 28.5 Å². The second-order valence-corrected chi connectivity index (χ2v) is 7.27. The average Bonchev–Trinajstić information content (AvgIpc) is 3.25. The summed E-state index contributed by atoms with van der Waals surface area (Å²) in [5, 5.41) is 1.29. The molecule has 134 valence electrons. The number of halogens is 1. The van der Waals surface area contributed by atoms with E-state index in [4.69, 9.17) is 30.2 Å². The van der Waals surface area contributed by atoms with Crippen molar-refractivity contribution in [2.24, 2.45) is 11.3 Å². The summed E-state index contributed by atoms with van der Waals surface area (Å²) in [6, 6.07) is 5.16. The van der Waals surface area contributed by atoms with Crippen molar-refractivity contribution in [2.75, 3.05) is 47.1 Å². The van der Waals surface area contributed by atoms with E-state index in [2.05, 4.69) is 0 Å². The Balaban J connectivity index is 1.63. The van der Waals surface area contributed by atoms with Gasteiger partial charge in [0.05, 0.1) is 26.9 Å². The van der Waals surface area contributed by atoms with Crippen LogP contribution in [0, 0.1) is 11.3 Å². The van der Waals surface area contributed by atoms with Crippen LogP contribution in [0.4, 0.5) is 0 Å². The smallest absolute Gasteiger partial charge is 0.289 e. The fraction of sp³-hybridized carbons (Fsp3) is 0.500. The summed E-state index contributed by atoms with van der Waals surface area (Å²) in [5.74, 6) is 0.983. The van der Waals surface area contributed by atoms with E-state index in [9.17, 15) is 4.79 Å². The van der Waals surface area contributed by atoms with Crippen LogP contribution >= 0.6 is 11.6 Å². The molecule has 2 aromatic rings. The number of likely N-dealkylation sites (tertiary alicyclic amines) is 1. The summed E-state index contributed by atoms with van der Waals surface area (Å²) in [7, 11) is 3.23. The molecule has 0 bridgehead atoms. The molecular weight excluding hydrogens is 346 g/mol. The lowest BCUT2D eigenvalue weighted by Crippen LogP contribution is -2.36. The van der Waals surface area contributed by atoms with E-state index in [-0.39, 0.29) is 11.3 Å². The van der Waals surface area contributed by atoms with E-state index >= 15 is 0 Å². The molecule has 6 nitrogen and oxygen atoms in total. The number of nitrogens with zero attached hydrogens (tertiary/aromatic N) is 1. The van der Waals surface area contributed by atoms with E-state index < -0.39 is 0 Å². The summed E-state index contributed by atoms with van der Waals surface area (Å²) >= 11 is 6.09. The Bertz CT molecular complexity index is 819. The number of hydrogen-bond donors (Lipinski definition) is 0. The van der Waals surface area contributed by atoms with E-state index in [0.29, 0.717) is 60.9 Å². The standard InChI is InChI=1S/C18H20ClNO5/c1-22-9-18-8-20(6-12(18)7-24-10-18)17(21)15-4-11-3-13(19)5-14(23-2)16(11)25-15/h3-5,12H,6-10H2,1-2H3/t12-,18-/m0/s1. The second-order valence-electron chi connectivity index (χ2n) is 6.83. The van der Waals surface area contributed by atoms with Crippen LogP contribution in [0.25, 0.3) is 11.0 Å². The van der Waals surface area contributed by atoms with Crippen molar-refractivity contribution in [1.29, 1.82) is 0 Å². The maximum absolute atomic E-state index is 13.0. The van der Waals surface area contributed by atoms with Crippen LogP contribution in [-0.2, 0) is 9.47 Å². The summed E-state index contributed by atoms with van der Waals surface area (Å²) in [5.41, 5.74) is 0.418. The molecule has 1 aromatic heterocycles. The predicted molar refractivity (Wildman–Crippen MR) is 92.3 cm³/mol. The van der Waals surface area contributed by atoms with Crippen LogP contribution in [0.15, 0.2) is 22.6 Å². The van der Waals surface area contributed by atoms with Crippen LogP contribution in [0.5, 0.6) is 5.75 Å². The summed E-state index contributed by atoms with van der Waals surface area (Å²) < 4.78 is 22.1. The summed E-state index contributed by atoms with van der Waals surface area (Å²) in [6.45, 7) is 3.14. The molecule has 4 rings (SSSR count). The minimum absolute atomic E-state index is 0.114. The molecule has 2 atom stereocenters. The molecule has 3 heterocycles. The van der Waals surface area contributed by atoms with Gasteiger partial charge in [-0.25, -0.2) is 0 Å². The van der Waals surface area contributed by atoms with Gasteiger partial charge >= 0.3 is 0 Å². The summed E-state index contributed by atoms with van der Waals surface area (Å²) in [6.07, 6.45) is 0. The first-order valence-electron chi connectivity index (χ1n) is 8.19. The Morgan fingerprint density at radius 2 is 2.24 bits per heavy atom. The molecule has 0 aliphatic carbocycles. The molecular formula is C18H20ClNO5. The Morgan fingerprint density at radius 1 is 1.40 bits per heavy atom. The molecule has 2 saturated heterocycles. The quantitative estimate of drug-likeness (QED) is 0.833. The number of amides is 1. The maximum atomic E-state index is 13.0. The highest BCUT2D eigenvalue weighted by atomic mass is 35.5. The van der Waals surface area contributed by atoms with Crippen molar-refractivity contribution in [3.8, 4) is 5.75 Å².